The Bertz CT molecular complexity index is 1360. The molecular formula is C28H26FN3O4. The Morgan fingerprint density at radius 1 is 1.08 bits per heavy atom. The lowest BCUT2D eigenvalue weighted by atomic mass is 10.1. The number of H-pyrrole nitrogens is 1. The van der Waals surface area contributed by atoms with Crippen LogP contribution in [0.2, 0.25) is 0 Å². The Hall–Kier alpha value is -4.17. The van der Waals surface area contributed by atoms with Gasteiger partial charge < -0.3 is 24.1 Å². The van der Waals surface area contributed by atoms with Gasteiger partial charge in [0.05, 0.1) is 36.9 Å². The van der Waals surface area contributed by atoms with Gasteiger partial charge in [0.25, 0.3) is 5.91 Å². The molecule has 3 aromatic carbocycles. The molecule has 0 saturated carbocycles. The standard InChI is InChI=1S/C28H26FN3O4/c1-34-26-17-20(8-11-25(26)36-18-19-6-9-21(29)10-7-19)16-22(28(33)32-12-14-35-15-13-32)27-30-23-4-2-3-5-24(23)31-27/h2-11,16-17H,12-15,18H2,1H3,(H,30,31). The van der Waals surface area contributed by atoms with Crippen LogP contribution in [0.3, 0.4) is 0 Å². The molecule has 1 aliphatic heterocycles. The Kier molecular flexibility index (Phi) is 6.95. The molecule has 184 valence electrons. The second-order valence-corrected chi connectivity index (χ2v) is 8.39. The van der Waals surface area contributed by atoms with E-state index in [0.29, 0.717) is 49.2 Å². The fourth-order valence-corrected chi connectivity index (χ4v) is 4.05. The van der Waals surface area contributed by atoms with Crippen LogP contribution >= 0.6 is 0 Å². The number of nitrogens with one attached hydrogen (secondary N) is 1. The van der Waals surface area contributed by atoms with Gasteiger partial charge in [-0.25, -0.2) is 9.37 Å². The summed E-state index contributed by atoms with van der Waals surface area (Å²) in [6, 6.07) is 19.3. The molecule has 1 N–H and O–H groups in total. The molecule has 5 rings (SSSR count). The van der Waals surface area contributed by atoms with E-state index in [1.165, 1.54) is 12.1 Å². The maximum Gasteiger partial charge on any atom is 0.257 e. The summed E-state index contributed by atoms with van der Waals surface area (Å²) in [6.07, 6.45) is 1.81. The number of rotatable bonds is 7. The topological polar surface area (TPSA) is 76.7 Å². The monoisotopic (exact) mass is 487 g/mol. The van der Waals surface area contributed by atoms with E-state index in [0.717, 1.165) is 22.2 Å². The molecule has 0 unspecified atom stereocenters. The van der Waals surface area contributed by atoms with E-state index in [-0.39, 0.29) is 18.3 Å². The Morgan fingerprint density at radius 3 is 2.61 bits per heavy atom. The summed E-state index contributed by atoms with van der Waals surface area (Å²) >= 11 is 0. The van der Waals surface area contributed by atoms with E-state index in [2.05, 4.69) is 9.97 Å². The number of halogens is 1. The second-order valence-electron chi connectivity index (χ2n) is 8.39. The molecule has 1 saturated heterocycles. The first-order chi connectivity index (χ1) is 17.6. The first-order valence-electron chi connectivity index (χ1n) is 11.7. The summed E-state index contributed by atoms with van der Waals surface area (Å²) in [5, 5.41) is 0. The number of methoxy groups -OCH3 is 1. The van der Waals surface area contributed by atoms with Crippen molar-refractivity contribution in [3.63, 3.8) is 0 Å². The fourth-order valence-electron chi connectivity index (χ4n) is 4.05. The van der Waals surface area contributed by atoms with E-state index >= 15 is 0 Å². The van der Waals surface area contributed by atoms with Gasteiger partial charge in [0.15, 0.2) is 11.5 Å². The van der Waals surface area contributed by atoms with Crippen molar-refractivity contribution in [3.05, 3.63) is 89.5 Å². The summed E-state index contributed by atoms with van der Waals surface area (Å²) in [6.45, 7) is 2.33. The van der Waals surface area contributed by atoms with Gasteiger partial charge in [-0.1, -0.05) is 30.3 Å². The number of carbonyl (C=O) groups is 1. The summed E-state index contributed by atoms with van der Waals surface area (Å²) in [5.41, 5.74) is 3.70. The zero-order chi connectivity index (χ0) is 24.9. The number of aromatic nitrogens is 2. The predicted octanol–water partition coefficient (Wildman–Crippen LogP) is 4.69. The van der Waals surface area contributed by atoms with Crippen LogP contribution in [0.5, 0.6) is 11.5 Å². The molecule has 0 spiro atoms. The van der Waals surface area contributed by atoms with Gasteiger partial charge in [-0.05, 0) is 53.6 Å². The third-order valence-electron chi connectivity index (χ3n) is 5.98. The zero-order valence-corrected chi connectivity index (χ0v) is 19.9. The number of hydrogen-bond acceptors (Lipinski definition) is 5. The molecule has 0 atom stereocenters. The van der Waals surface area contributed by atoms with Crippen molar-refractivity contribution in [1.82, 2.24) is 14.9 Å². The highest BCUT2D eigenvalue weighted by Gasteiger charge is 2.24. The Labute approximate surface area is 208 Å². The molecule has 1 amide bonds. The third kappa shape index (κ3) is 5.23. The minimum atomic E-state index is -0.292. The highest BCUT2D eigenvalue weighted by atomic mass is 19.1. The maximum absolute atomic E-state index is 13.5. The van der Waals surface area contributed by atoms with Gasteiger partial charge in [0.2, 0.25) is 0 Å². The molecule has 0 aliphatic carbocycles. The molecular weight excluding hydrogens is 461 g/mol. The van der Waals surface area contributed by atoms with Crippen LogP contribution in [0.1, 0.15) is 17.0 Å². The number of nitrogens with zero attached hydrogens (tertiary/aromatic N) is 2. The number of benzene rings is 3. The Balaban J connectivity index is 1.46. The first kappa shape index (κ1) is 23.6. The number of ether oxygens (including phenoxy) is 3. The van der Waals surface area contributed by atoms with E-state index in [1.54, 1.807) is 30.2 Å². The van der Waals surface area contributed by atoms with Crippen molar-refractivity contribution in [2.75, 3.05) is 33.4 Å². The lowest BCUT2D eigenvalue weighted by molar-refractivity contribution is -0.128. The normalized spacial score (nSPS) is 14.2. The molecule has 4 aromatic rings. The fraction of sp³-hybridized carbons (Fsp3) is 0.214. The highest BCUT2D eigenvalue weighted by Crippen LogP contribution is 2.31. The number of fused-ring (bicyclic) bond motifs is 1. The van der Waals surface area contributed by atoms with Crippen LogP contribution in [0.25, 0.3) is 22.7 Å². The van der Waals surface area contributed by atoms with Crippen LogP contribution in [-0.2, 0) is 16.1 Å². The molecule has 0 bridgehead atoms. The van der Waals surface area contributed by atoms with E-state index in [9.17, 15) is 9.18 Å². The highest BCUT2D eigenvalue weighted by molar-refractivity contribution is 6.23. The van der Waals surface area contributed by atoms with Crippen molar-refractivity contribution in [3.8, 4) is 11.5 Å². The number of imidazole rings is 1. The summed E-state index contributed by atoms with van der Waals surface area (Å²) in [7, 11) is 1.56. The van der Waals surface area contributed by atoms with Gasteiger partial charge in [-0.3, -0.25) is 4.79 Å². The lowest BCUT2D eigenvalue weighted by Gasteiger charge is -2.27. The minimum absolute atomic E-state index is 0.118. The maximum atomic E-state index is 13.5. The summed E-state index contributed by atoms with van der Waals surface area (Å²) < 4.78 is 30.1. The van der Waals surface area contributed by atoms with Crippen molar-refractivity contribution < 1.29 is 23.4 Å². The third-order valence-corrected chi connectivity index (χ3v) is 5.98. The number of hydrogen-bond donors (Lipinski definition) is 1. The molecule has 7 nitrogen and oxygen atoms in total. The van der Waals surface area contributed by atoms with Crippen LogP contribution in [0.15, 0.2) is 66.7 Å². The molecule has 0 radical (unpaired) electrons. The largest absolute Gasteiger partial charge is 0.493 e. The van der Waals surface area contributed by atoms with Crippen molar-refractivity contribution in [2.45, 2.75) is 6.61 Å². The van der Waals surface area contributed by atoms with Gasteiger partial charge in [-0.2, -0.15) is 0 Å². The average molecular weight is 488 g/mol. The van der Waals surface area contributed by atoms with Crippen LogP contribution in [-0.4, -0.2) is 54.2 Å². The summed E-state index contributed by atoms with van der Waals surface area (Å²) in [4.78, 5) is 23.3. The van der Waals surface area contributed by atoms with Crippen LogP contribution in [0, 0.1) is 5.82 Å². The molecule has 36 heavy (non-hydrogen) atoms. The van der Waals surface area contributed by atoms with Crippen molar-refractivity contribution in [1.29, 1.82) is 0 Å². The molecule has 1 fully saturated rings. The van der Waals surface area contributed by atoms with Gasteiger partial charge >= 0.3 is 0 Å². The lowest BCUT2D eigenvalue weighted by Crippen LogP contribution is -2.41. The molecule has 2 heterocycles. The average Bonchev–Trinajstić information content (AvgIpc) is 3.36. The quantitative estimate of drug-likeness (QED) is 0.383. The van der Waals surface area contributed by atoms with Crippen molar-refractivity contribution in [2.24, 2.45) is 0 Å². The smallest absolute Gasteiger partial charge is 0.257 e. The number of amides is 1. The first-order valence-corrected chi connectivity index (χ1v) is 11.7. The molecule has 1 aromatic heterocycles. The zero-order valence-electron chi connectivity index (χ0n) is 19.9. The van der Waals surface area contributed by atoms with E-state index < -0.39 is 0 Å². The minimum Gasteiger partial charge on any atom is -0.493 e. The molecule has 8 heteroatoms. The van der Waals surface area contributed by atoms with Gasteiger partial charge in [0.1, 0.15) is 18.2 Å². The number of aromatic amines is 1. The van der Waals surface area contributed by atoms with Gasteiger partial charge in [-0.15, -0.1) is 0 Å². The second kappa shape index (κ2) is 10.6. The van der Waals surface area contributed by atoms with Crippen LogP contribution < -0.4 is 9.47 Å². The number of morpholine rings is 1. The number of carbonyl (C=O) groups excluding carboxylic acids is 1. The van der Waals surface area contributed by atoms with Crippen LogP contribution in [0.4, 0.5) is 4.39 Å². The molecule has 1 aliphatic rings. The van der Waals surface area contributed by atoms with E-state index in [1.807, 2.05) is 42.5 Å². The Morgan fingerprint density at radius 2 is 1.86 bits per heavy atom. The van der Waals surface area contributed by atoms with E-state index in [4.69, 9.17) is 14.2 Å². The SMILES string of the molecule is COc1cc(C=C(C(=O)N2CCOCC2)c2nc3ccccc3[nH]2)ccc1OCc1ccc(F)cc1. The predicted molar refractivity (Wildman–Crippen MR) is 135 cm³/mol. The van der Waals surface area contributed by atoms with Crippen molar-refractivity contribution >= 4 is 28.6 Å². The summed E-state index contributed by atoms with van der Waals surface area (Å²) in [5.74, 6) is 1.16. The number of para-hydroxylation sites is 2. The van der Waals surface area contributed by atoms with Gasteiger partial charge in [0, 0.05) is 13.1 Å².